The minimum absolute atomic E-state index is 0.0145. The van der Waals surface area contributed by atoms with Gasteiger partial charge in [-0.1, -0.05) is 77.8 Å². The normalized spacial score (nSPS) is 10.8. The van der Waals surface area contributed by atoms with Crippen LogP contribution in [0.15, 0.2) is 144 Å². The largest absolute Gasteiger partial charge is 0.507 e. The van der Waals surface area contributed by atoms with Crippen molar-refractivity contribution in [2.75, 3.05) is 10.0 Å². The van der Waals surface area contributed by atoms with Crippen LogP contribution in [0.3, 0.4) is 0 Å². The zero-order valence-corrected chi connectivity index (χ0v) is 33.1. The molecular formula is C42H32Cl2N6O6S2. The molecule has 0 aliphatic carbocycles. The number of phenols is 2. The van der Waals surface area contributed by atoms with Gasteiger partial charge in [-0.25, -0.2) is 19.6 Å². The first kappa shape index (κ1) is 42.3. The van der Waals surface area contributed by atoms with E-state index in [-0.39, 0.29) is 32.9 Å². The van der Waals surface area contributed by atoms with Crippen LogP contribution in [-0.4, -0.2) is 55.0 Å². The average Bonchev–Trinajstić information content (AvgIpc) is 3.19. The highest BCUT2D eigenvalue weighted by molar-refractivity contribution is 7.80. The van der Waals surface area contributed by atoms with Crippen LogP contribution in [0, 0.1) is 0 Å². The third-order valence-electron chi connectivity index (χ3n) is 8.14. The molecule has 16 heteroatoms. The number of para-hydroxylation sites is 2. The minimum Gasteiger partial charge on any atom is -0.507 e. The molecule has 6 rings (SSSR count). The summed E-state index contributed by atoms with van der Waals surface area (Å²) in [4.78, 5) is 22.2. The van der Waals surface area contributed by atoms with Crippen LogP contribution >= 0.6 is 47.6 Å². The quantitative estimate of drug-likeness (QED) is 0.0435. The average molecular weight is 852 g/mol. The molecule has 0 aromatic heterocycles. The molecule has 0 saturated heterocycles. The maximum atomic E-state index is 11.2. The van der Waals surface area contributed by atoms with Crippen molar-refractivity contribution < 1.29 is 30.0 Å². The summed E-state index contributed by atoms with van der Waals surface area (Å²) in [5, 5.41) is 51.5. The Bertz CT molecular complexity index is 2570. The molecule has 0 aliphatic rings. The number of benzene rings is 6. The van der Waals surface area contributed by atoms with Crippen LogP contribution in [0.1, 0.15) is 31.8 Å². The number of aromatic hydroxyl groups is 2. The number of anilines is 2. The first-order valence-corrected chi connectivity index (χ1v) is 18.4. The second-order valence-corrected chi connectivity index (χ2v) is 13.7. The van der Waals surface area contributed by atoms with E-state index in [0.29, 0.717) is 43.7 Å². The van der Waals surface area contributed by atoms with Gasteiger partial charge in [-0.3, -0.25) is 0 Å². The Morgan fingerprint density at radius 1 is 0.552 bits per heavy atom. The van der Waals surface area contributed by atoms with Crippen molar-refractivity contribution in [1.29, 1.82) is 0 Å². The summed E-state index contributed by atoms with van der Waals surface area (Å²) < 4.78 is 0. The summed E-state index contributed by atoms with van der Waals surface area (Å²) >= 11 is 22.2. The lowest BCUT2D eigenvalue weighted by Crippen LogP contribution is -2.31. The number of nitrogens with two attached hydrogens (primary N) is 2. The number of hydrogen-bond donors (Lipinski definition) is 6. The van der Waals surface area contributed by atoms with Gasteiger partial charge in [-0.15, -0.1) is 0 Å². The topological polar surface area (TPSA) is 198 Å². The smallest absolute Gasteiger partial charge is 0.335 e. The molecule has 8 N–H and O–H groups in total. The molecule has 292 valence electrons. The van der Waals surface area contributed by atoms with Gasteiger partial charge >= 0.3 is 11.9 Å². The number of phenolic OH excluding ortho intramolecular Hbond substituents is 2. The number of aromatic carboxylic acids is 2. The number of carbonyl (C=O) groups is 2. The van der Waals surface area contributed by atoms with Gasteiger partial charge < -0.3 is 31.9 Å². The summed E-state index contributed by atoms with van der Waals surface area (Å²) in [6, 6.07) is 36.7. The molecule has 0 spiro atoms. The Hall–Kier alpha value is -6.84. The number of thiocarbonyl (C=S) groups is 2. The van der Waals surface area contributed by atoms with E-state index in [2.05, 4.69) is 10.2 Å². The first-order valence-electron chi connectivity index (χ1n) is 16.8. The van der Waals surface area contributed by atoms with Crippen LogP contribution < -0.4 is 21.5 Å². The lowest BCUT2D eigenvalue weighted by atomic mass is 10.0. The molecule has 0 radical (unpaired) electrons. The fourth-order valence-electron chi connectivity index (χ4n) is 5.37. The van der Waals surface area contributed by atoms with Crippen molar-refractivity contribution >= 4 is 93.6 Å². The predicted octanol–water partition coefficient (Wildman–Crippen LogP) is 8.99. The maximum Gasteiger partial charge on any atom is 0.335 e. The molecule has 0 heterocycles. The van der Waals surface area contributed by atoms with E-state index in [0.717, 1.165) is 11.1 Å². The van der Waals surface area contributed by atoms with Gasteiger partial charge in [0.1, 0.15) is 11.5 Å². The van der Waals surface area contributed by atoms with Gasteiger partial charge in [0.15, 0.2) is 10.2 Å². The molecule has 0 bridgehead atoms. The Balaban J connectivity index is 0.000000221. The van der Waals surface area contributed by atoms with Crippen LogP contribution in [-0.2, 0) is 0 Å². The van der Waals surface area contributed by atoms with Gasteiger partial charge in [0.25, 0.3) is 0 Å². The van der Waals surface area contributed by atoms with E-state index in [4.69, 9.17) is 69.3 Å². The third-order valence-corrected chi connectivity index (χ3v) is 8.96. The standard InChI is InChI=1S/2C21H16ClN3O3S/c22-16-7-1-4-13(10-16)18-9-3-6-15(19(18)26)12-24-25(21(23)29)17-8-2-5-14(11-17)20(27)28;22-16-5-1-3-14(11-16)18-6-2-4-15(19(18)26)12-24-25(21(23)29)17-9-7-13(8-10-17)20(27)28/h2*1-12,26H,(H2,23,29)(H,27,28). The van der Waals surface area contributed by atoms with E-state index in [1.165, 1.54) is 46.7 Å². The summed E-state index contributed by atoms with van der Waals surface area (Å²) in [5.74, 6) is -2.07. The summed E-state index contributed by atoms with van der Waals surface area (Å²) in [6.07, 6.45) is 2.82. The second kappa shape index (κ2) is 19.3. The molecule has 6 aromatic rings. The van der Waals surface area contributed by atoms with Gasteiger partial charge in [0.2, 0.25) is 0 Å². The number of nitrogens with zero attached hydrogens (tertiary/aromatic N) is 4. The highest BCUT2D eigenvalue weighted by atomic mass is 35.5. The van der Waals surface area contributed by atoms with Crippen LogP contribution in [0.2, 0.25) is 10.0 Å². The Morgan fingerprint density at radius 2 is 0.983 bits per heavy atom. The van der Waals surface area contributed by atoms with Gasteiger partial charge in [-0.05, 0) is 114 Å². The van der Waals surface area contributed by atoms with Crippen molar-refractivity contribution in [2.24, 2.45) is 21.7 Å². The fraction of sp³-hybridized carbons (Fsp3) is 0. The first-order chi connectivity index (χ1) is 27.7. The molecule has 58 heavy (non-hydrogen) atoms. The Labute approximate surface area is 353 Å². The number of carboxylic acids is 2. The van der Waals surface area contributed by atoms with Crippen LogP contribution in [0.25, 0.3) is 22.3 Å². The van der Waals surface area contributed by atoms with E-state index in [1.54, 1.807) is 97.1 Å². The molecule has 0 fully saturated rings. The lowest BCUT2D eigenvalue weighted by Gasteiger charge is -2.17. The van der Waals surface area contributed by atoms with E-state index in [9.17, 15) is 19.8 Å². The van der Waals surface area contributed by atoms with Crippen molar-refractivity contribution in [1.82, 2.24) is 0 Å². The van der Waals surface area contributed by atoms with Crippen molar-refractivity contribution in [2.45, 2.75) is 0 Å². The van der Waals surface area contributed by atoms with Crippen molar-refractivity contribution in [3.63, 3.8) is 0 Å². The predicted molar refractivity (Wildman–Crippen MR) is 238 cm³/mol. The van der Waals surface area contributed by atoms with Crippen molar-refractivity contribution in [3.8, 4) is 33.8 Å². The number of hydrazone groups is 2. The molecule has 0 amide bonds. The SMILES string of the molecule is NC(=S)N(N=Cc1cccc(-c2cccc(Cl)c2)c1O)c1ccc(C(=O)O)cc1.NC(=S)N(N=Cc1cccc(-c2cccc(Cl)c2)c1O)c1cccc(C(=O)O)c1. The zero-order chi connectivity index (χ0) is 41.9. The van der Waals surface area contributed by atoms with Gasteiger partial charge in [0.05, 0.1) is 34.9 Å². The molecule has 0 aliphatic heterocycles. The summed E-state index contributed by atoms with van der Waals surface area (Å²) in [6.45, 7) is 0. The summed E-state index contributed by atoms with van der Waals surface area (Å²) in [7, 11) is 0. The van der Waals surface area contributed by atoms with E-state index in [1.807, 2.05) is 12.1 Å². The highest BCUT2D eigenvalue weighted by Gasteiger charge is 2.14. The molecule has 0 unspecified atom stereocenters. The zero-order valence-electron chi connectivity index (χ0n) is 30.0. The molecule has 0 saturated carbocycles. The van der Waals surface area contributed by atoms with Gasteiger partial charge in [-0.2, -0.15) is 10.2 Å². The minimum atomic E-state index is -1.08. The maximum absolute atomic E-state index is 11.2. The number of carboxylic acid groups (broad SMARTS) is 2. The van der Waals surface area contributed by atoms with Crippen molar-refractivity contribution in [3.05, 3.63) is 166 Å². The third kappa shape index (κ3) is 10.7. The number of hydrogen-bond acceptors (Lipinski definition) is 8. The Morgan fingerprint density at radius 3 is 1.41 bits per heavy atom. The Kier molecular flexibility index (Phi) is 14.1. The van der Waals surface area contributed by atoms with E-state index >= 15 is 0 Å². The second-order valence-electron chi connectivity index (χ2n) is 12.0. The molecule has 0 atom stereocenters. The molecule has 12 nitrogen and oxygen atoms in total. The molecule has 6 aromatic carbocycles. The fourth-order valence-corrected chi connectivity index (χ4v) is 6.05. The van der Waals surface area contributed by atoms with Crippen LogP contribution in [0.5, 0.6) is 11.5 Å². The van der Waals surface area contributed by atoms with Crippen LogP contribution in [0.4, 0.5) is 11.4 Å². The number of halogens is 2. The highest BCUT2D eigenvalue weighted by Crippen LogP contribution is 2.34. The summed E-state index contributed by atoms with van der Waals surface area (Å²) in [5.41, 5.74) is 16.2. The van der Waals surface area contributed by atoms with Gasteiger partial charge in [0, 0.05) is 32.3 Å². The lowest BCUT2D eigenvalue weighted by molar-refractivity contribution is 0.0686. The number of rotatable bonds is 10. The monoisotopic (exact) mass is 850 g/mol. The molecular weight excluding hydrogens is 820 g/mol. The van der Waals surface area contributed by atoms with E-state index < -0.39 is 11.9 Å².